The van der Waals surface area contributed by atoms with Gasteiger partial charge in [0.15, 0.2) is 0 Å². The highest BCUT2D eigenvalue weighted by molar-refractivity contribution is 6.28. The maximum Gasteiger partial charge on any atom is 0.122 e. The van der Waals surface area contributed by atoms with Gasteiger partial charge in [-0.3, -0.25) is 0 Å². The van der Waals surface area contributed by atoms with E-state index in [0.717, 1.165) is 23.6 Å². The molecule has 156 valence electrons. The Morgan fingerprint density at radius 3 is 1.59 bits per heavy atom. The second kappa shape index (κ2) is 7.31. The molecule has 0 N–H and O–H groups in total. The number of ether oxygens (including phenoxy) is 2. The van der Waals surface area contributed by atoms with Crippen LogP contribution in [0.25, 0.3) is 43.4 Å². The quantitative estimate of drug-likeness (QED) is 0.304. The van der Waals surface area contributed by atoms with Crippen molar-refractivity contribution in [2.24, 2.45) is 0 Å². The van der Waals surface area contributed by atoms with Crippen LogP contribution in [-0.2, 0) is 6.54 Å². The number of hydrogen-bond donors (Lipinski definition) is 0. The lowest BCUT2D eigenvalue weighted by molar-refractivity contribution is 0.393. The first kappa shape index (κ1) is 18.8. The van der Waals surface area contributed by atoms with Crippen LogP contribution in [-0.4, -0.2) is 18.8 Å². The normalized spacial score (nSPS) is 11.6. The number of fused-ring (bicyclic) bond motifs is 7. The molecule has 0 unspecified atom stereocenters. The summed E-state index contributed by atoms with van der Waals surface area (Å²) in [6, 6.07) is 32.4. The van der Waals surface area contributed by atoms with E-state index in [4.69, 9.17) is 9.47 Å². The molecule has 0 bridgehead atoms. The van der Waals surface area contributed by atoms with Crippen molar-refractivity contribution in [2.45, 2.75) is 6.54 Å². The van der Waals surface area contributed by atoms with Crippen molar-refractivity contribution < 1.29 is 9.47 Å². The van der Waals surface area contributed by atoms with E-state index in [-0.39, 0.29) is 0 Å². The second-order valence-electron chi connectivity index (χ2n) is 8.17. The third-order valence-electron chi connectivity index (χ3n) is 6.40. The molecular weight excluding hydrogens is 394 g/mol. The van der Waals surface area contributed by atoms with Crippen molar-refractivity contribution in [1.29, 1.82) is 0 Å². The van der Waals surface area contributed by atoms with Crippen molar-refractivity contribution in [1.82, 2.24) is 4.57 Å². The van der Waals surface area contributed by atoms with Gasteiger partial charge in [-0.05, 0) is 51.4 Å². The highest BCUT2D eigenvalue weighted by Gasteiger charge is 2.16. The fourth-order valence-electron chi connectivity index (χ4n) is 4.94. The minimum absolute atomic E-state index is 0.726. The molecule has 3 nitrogen and oxygen atoms in total. The highest BCUT2D eigenvalue weighted by atomic mass is 16.5. The Morgan fingerprint density at radius 1 is 0.594 bits per heavy atom. The standard InChI is InChI=1S/C29H23NO2/c1-31-22-15-19(16-23(17-22)32-2)18-30-26-13-11-20-7-3-5-9-24(20)28(26)29-25-10-6-4-8-21(25)12-14-27(29)30/h3-17H,18H2,1-2H3. The van der Waals surface area contributed by atoms with E-state index < -0.39 is 0 Å². The zero-order valence-corrected chi connectivity index (χ0v) is 18.1. The lowest BCUT2D eigenvalue weighted by atomic mass is 10.00. The molecule has 0 aliphatic carbocycles. The van der Waals surface area contributed by atoms with Crippen molar-refractivity contribution >= 4 is 43.4 Å². The summed E-state index contributed by atoms with van der Waals surface area (Å²) in [5.74, 6) is 1.60. The predicted molar refractivity (Wildman–Crippen MR) is 133 cm³/mol. The number of rotatable bonds is 4. The Kier molecular flexibility index (Phi) is 4.29. The summed E-state index contributed by atoms with van der Waals surface area (Å²) in [7, 11) is 3.38. The summed E-state index contributed by atoms with van der Waals surface area (Å²) in [6.45, 7) is 0.726. The van der Waals surface area contributed by atoms with E-state index in [9.17, 15) is 0 Å². The van der Waals surface area contributed by atoms with Crippen LogP contribution in [0.5, 0.6) is 11.5 Å². The third-order valence-corrected chi connectivity index (χ3v) is 6.40. The van der Waals surface area contributed by atoms with Gasteiger partial charge in [0, 0.05) is 23.4 Å². The number of nitrogens with zero attached hydrogens (tertiary/aromatic N) is 1. The number of methoxy groups -OCH3 is 2. The van der Waals surface area contributed by atoms with E-state index >= 15 is 0 Å². The SMILES string of the molecule is COc1cc(Cn2c3ccc4ccccc4c3c3c4ccccc4ccc32)cc(OC)c1. The molecule has 32 heavy (non-hydrogen) atoms. The largest absolute Gasteiger partial charge is 0.497 e. The second-order valence-corrected chi connectivity index (χ2v) is 8.17. The lowest BCUT2D eigenvalue weighted by Gasteiger charge is -2.12. The van der Waals surface area contributed by atoms with Gasteiger partial charge in [0.2, 0.25) is 0 Å². The number of hydrogen-bond acceptors (Lipinski definition) is 2. The van der Waals surface area contributed by atoms with Crippen molar-refractivity contribution in [3.63, 3.8) is 0 Å². The molecule has 0 saturated carbocycles. The Bertz CT molecular complexity index is 1510. The van der Waals surface area contributed by atoms with Crippen LogP contribution in [0.15, 0.2) is 91.0 Å². The van der Waals surface area contributed by atoms with Crippen LogP contribution < -0.4 is 9.47 Å². The zero-order valence-electron chi connectivity index (χ0n) is 18.1. The molecule has 0 fully saturated rings. The van der Waals surface area contributed by atoms with Crippen molar-refractivity contribution in [2.75, 3.05) is 14.2 Å². The van der Waals surface area contributed by atoms with Gasteiger partial charge in [-0.2, -0.15) is 0 Å². The summed E-state index contributed by atoms with van der Waals surface area (Å²) < 4.78 is 13.4. The van der Waals surface area contributed by atoms with Crippen LogP contribution in [0, 0.1) is 0 Å². The van der Waals surface area contributed by atoms with Gasteiger partial charge in [-0.25, -0.2) is 0 Å². The average Bonchev–Trinajstić information content (AvgIpc) is 3.18. The van der Waals surface area contributed by atoms with Gasteiger partial charge in [0.1, 0.15) is 11.5 Å². The molecule has 0 atom stereocenters. The smallest absolute Gasteiger partial charge is 0.122 e. The van der Waals surface area contributed by atoms with Crippen molar-refractivity contribution in [3.05, 3.63) is 96.6 Å². The first-order valence-electron chi connectivity index (χ1n) is 10.8. The van der Waals surface area contributed by atoms with Gasteiger partial charge in [-0.15, -0.1) is 0 Å². The summed E-state index contributed by atoms with van der Waals surface area (Å²) in [4.78, 5) is 0. The molecule has 5 aromatic carbocycles. The fraction of sp³-hybridized carbons (Fsp3) is 0.103. The molecule has 0 saturated heterocycles. The summed E-state index contributed by atoms with van der Waals surface area (Å²) in [5, 5.41) is 7.71. The number of aromatic nitrogens is 1. The average molecular weight is 418 g/mol. The molecule has 0 spiro atoms. The van der Waals surface area contributed by atoms with Crippen LogP contribution >= 0.6 is 0 Å². The van der Waals surface area contributed by atoms with Gasteiger partial charge < -0.3 is 14.0 Å². The lowest BCUT2D eigenvalue weighted by Crippen LogP contribution is -2.00. The molecule has 3 heteroatoms. The Labute approximate surface area is 186 Å². The van der Waals surface area contributed by atoms with E-state index in [2.05, 4.69) is 89.5 Å². The molecule has 0 amide bonds. The van der Waals surface area contributed by atoms with Crippen molar-refractivity contribution in [3.8, 4) is 11.5 Å². The monoisotopic (exact) mass is 417 g/mol. The maximum absolute atomic E-state index is 5.52. The molecule has 6 rings (SSSR count). The molecular formula is C29H23NO2. The minimum Gasteiger partial charge on any atom is -0.497 e. The fourth-order valence-corrected chi connectivity index (χ4v) is 4.94. The summed E-state index contributed by atoms with van der Waals surface area (Å²) in [6.07, 6.45) is 0. The van der Waals surface area contributed by atoms with Crippen LogP contribution in [0.1, 0.15) is 5.56 Å². The summed E-state index contributed by atoms with van der Waals surface area (Å²) >= 11 is 0. The van der Waals surface area contributed by atoms with Gasteiger partial charge >= 0.3 is 0 Å². The van der Waals surface area contributed by atoms with Gasteiger partial charge in [0.25, 0.3) is 0 Å². The topological polar surface area (TPSA) is 23.4 Å². The molecule has 1 aromatic heterocycles. The van der Waals surface area contributed by atoms with E-state index in [1.807, 2.05) is 6.07 Å². The Morgan fingerprint density at radius 2 is 1.09 bits per heavy atom. The highest BCUT2D eigenvalue weighted by Crippen LogP contribution is 2.39. The first-order chi connectivity index (χ1) is 15.8. The van der Waals surface area contributed by atoms with Gasteiger partial charge in [0.05, 0.1) is 25.3 Å². The van der Waals surface area contributed by atoms with Crippen LogP contribution in [0.4, 0.5) is 0 Å². The van der Waals surface area contributed by atoms with E-state index in [1.165, 1.54) is 43.4 Å². The zero-order chi connectivity index (χ0) is 21.7. The summed E-state index contributed by atoms with van der Waals surface area (Å²) in [5.41, 5.74) is 3.61. The van der Waals surface area contributed by atoms with E-state index in [1.54, 1.807) is 14.2 Å². The molecule has 0 radical (unpaired) electrons. The molecule has 1 heterocycles. The van der Waals surface area contributed by atoms with Gasteiger partial charge in [-0.1, -0.05) is 60.7 Å². The Hall–Kier alpha value is -3.98. The molecule has 0 aliphatic rings. The van der Waals surface area contributed by atoms with E-state index in [0.29, 0.717) is 0 Å². The van der Waals surface area contributed by atoms with Crippen LogP contribution in [0.3, 0.4) is 0 Å². The minimum atomic E-state index is 0.726. The molecule has 6 aromatic rings. The predicted octanol–water partition coefficient (Wildman–Crippen LogP) is 7.17. The van der Waals surface area contributed by atoms with Crippen LogP contribution in [0.2, 0.25) is 0 Å². The molecule has 0 aliphatic heterocycles. The first-order valence-corrected chi connectivity index (χ1v) is 10.8. The number of benzene rings is 5. The third kappa shape index (κ3) is 2.82. The Balaban J connectivity index is 1.72. The maximum atomic E-state index is 5.52.